The molecular formula is C23H40N2O12+2. The summed E-state index contributed by atoms with van der Waals surface area (Å²) in [5, 5.41) is 0. The molecule has 0 fully saturated rings. The smallest absolute Gasteiger partial charge is 0.325 e. The molecule has 0 aliphatic carbocycles. The first-order valence-corrected chi connectivity index (χ1v) is 11.2. The predicted molar refractivity (Wildman–Crippen MR) is 125 cm³/mol. The van der Waals surface area contributed by atoms with Gasteiger partial charge in [0.25, 0.3) is 0 Å². The first-order chi connectivity index (χ1) is 16.9. The highest BCUT2D eigenvalue weighted by atomic mass is 16.6. The zero-order valence-electron chi connectivity index (χ0n) is 23.2. The Morgan fingerprint density at radius 3 is 1.16 bits per heavy atom. The quantitative estimate of drug-likeness (QED) is 0.0842. The van der Waals surface area contributed by atoms with Crippen LogP contribution in [-0.4, -0.2) is 135 Å². The van der Waals surface area contributed by atoms with Gasteiger partial charge in [0.05, 0.1) is 82.6 Å². The molecule has 0 amide bonds. The highest BCUT2D eigenvalue weighted by molar-refractivity contribution is 6.04. The Balaban J connectivity index is 6.80. The summed E-state index contributed by atoms with van der Waals surface area (Å²) >= 11 is 0. The molecule has 14 heteroatoms. The molecule has 0 N–H and O–H groups in total. The lowest BCUT2D eigenvalue weighted by atomic mass is 9.74. The van der Waals surface area contributed by atoms with Crippen LogP contribution in [0.4, 0.5) is 0 Å². The average molecular weight is 537 g/mol. The van der Waals surface area contributed by atoms with Crippen molar-refractivity contribution < 1.29 is 66.2 Å². The number of methoxy groups -OCH3 is 4. The Bertz CT molecular complexity index is 844. The maximum Gasteiger partial charge on any atom is 0.325 e. The molecule has 0 saturated carbocycles. The van der Waals surface area contributed by atoms with Gasteiger partial charge in [-0.3, -0.25) is 33.3 Å². The van der Waals surface area contributed by atoms with Crippen molar-refractivity contribution in [3.63, 3.8) is 0 Å². The number of nitrogens with zero attached hydrogens (tertiary/aromatic N) is 2. The van der Waals surface area contributed by atoms with Crippen LogP contribution >= 0.6 is 0 Å². The monoisotopic (exact) mass is 536 g/mol. The number of quaternary nitrogens is 2. The number of carbonyl (C=O) groups is 6. The Morgan fingerprint density at radius 2 is 0.865 bits per heavy atom. The Labute approximate surface area is 216 Å². The molecule has 0 bridgehead atoms. The van der Waals surface area contributed by atoms with Crippen LogP contribution in [0, 0.1) is 23.7 Å². The molecule has 0 radical (unpaired) electrons. The fourth-order valence-electron chi connectivity index (χ4n) is 3.14. The minimum Gasteiger partial charge on any atom is -0.469 e. The maximum atomic E-state index is 13.1. The van der Waals surface area contributed by atoms with Gasteiger partial charge < -0.3 is 32.9 Å². The van der Waals surface area contributed by atoms with E-state index in [1.54, 1.807) is 21.1 Å². The lowest BCUT2D eigenvalue weighted by Crippen LogP contribution is -2.51. The van der Waals surface area contributed by atoms with Gasteiger partial charge in [-0.25, -0.2) is 0 Å². The van der Waals surface area contributed by atoms with Gasteiger partial charge >= 0.3 is 35.8 Å². The van der Waals surface area contributed by atoms with E-state index >= 15 is 0 Å². The van der Waals surface area contributed by atoms with Gasteiger partial charge in [0, 0.05) is 0 Å². The highest BCUT2D eigenvalue weighted by Crippen LogP contribution is 2.34. The first kappa shape index (κ1) is 33.7. The van der Waals surface area contributed by atoms with Gasteiger partial charge in [-0.1, -0.05) is 0 Å². The third-order valence-corrected chi connectivity index (χ3v) is 5.07. The standard InChI is InChI=1S/C23H40N2O12/c1-24(2,3)11-12-36-22(30)16(20(28)34-9)14(18(26)32-7)15(19(27)33-8)17(21(29)35-10)23(31)37-13-25(4,5)6/h14-17H,11-13H2,1-10H3/q+2. The van der Waals surface area contributed by atoms with E-state index in [0.717, 1.165) is 28.4 Å². The van der Waals surface area contributed by atoms with Gasteiger partial charge in [0.15, 0.2) is 11.8 Å². The summed E-state index contributed by atoms with van der Waals surface area (Å²) in [4.78, 5) is 77.6. The lowest BCUT2D eigenvalue weighted by molar-refractivity contribution is -0.888. The minimum absolute atomic E-state index is 0.131. The van der Waals surface area contributed by atoms with E-state index in [2.05, 4.69) is 0 Å². The largest absolute Gasteiger partial charge is 0.469 e. The SMILES string of the molecule is COC(=O)C(C(=O)OCC[N+](C)(C)C)C(C(=O)OC)C(C(=O)OC)C(C(=O)OC)C(=O)OC[N+](C)(C)C. The molecule has 4 atom stereocenters. The number of hydrogen-bond donors (Lipinski definition) is 0. The lowest BCUT2D eigenvalue weighted by Gasteiger charge is -2.31. The molecule has 0 aliphatic heterocycles. The fourth-order valence-corrected chi connectivity index (χ4v) is 3.14. The maximum absolute atomic E-state index is 13.1. The Hall–Kier alpha value is -3.26. The van der Waals surface area contributed by atoms with E-state index in [1.807, 2.05) is 21.1 Å². The molecular weight excluding hydrogens is 496 g/mol. The van der Waals surface area contributed by atoms with E-state index in [9.17, 15) is 28.8 Å². The van der Waals surface area contributed by atoms with Crippen molar-refractivity contribution in [3.05, 3.63) is 0 Å². The summed E-state index contributed by atoms with van der Waals surface area (Å²) in [7, 11) is 14.3. The third kappa shape index (κ3) is 10.7. The first-order valence-electron chi connectivity index (χ1n) is 11.2. The zero-order chi connectivity index (χ0) is 29.1. The molecule has 0 aromatic carbocycles. The molecule has 0 saturated heterocycles. The minimum atomic E-state index is -2.10. The molecule has 212 valence electrons. The van der Waals surface area contributed by atoms with Crippen LogP contribution in [0.3, 0.4) is 0 Å². The number of rotatable bonds is 14. The van der Waals surface area contributed by atoms with Crippen molar-refractivity contribution in [3.8, 4) is 0 Å². The predicted octanol–water partition coefficient (Wildman–Crippen LogP) is -1.40. The topological polar surface area (TPSA) is 158 Å². The highest BCUT2D eigenvalue weighted by Gasteiger charge is 2.56. The van der Waals surface area contributed by atoms with Gasteiger partial charge in [-0.05, 0) is 0 Å². The molecule has 0 aromatic rings. The van der Waals surface area contributed by atoms with Crippen LogP contribution in [0.25, 0.3) is 0 Å². The number of carbonyl (C=O) groups excluding carboxylic acids is 6. The van der Waals surface area contributed by atoms with Crippen molar-refractivity contribution in [2.45, 2.75) is 0 Å². The van der Waals surface area contributed by atoms with E-state index in [-0.39, 0.29) is 17.8 Å². The number of hydrogen-bond acceptors (Lipinski definition) is 12. The number of ether oxygens (including phenoxy) is 6. The van der Waals surface area contributed by atoms with Crippen molar-refractivity contribution in [2.75, 3.05) is 90.6 Å². The van der Waals surface area contributed by atoms with Crippen LogP contribution < -0.4 is 0 Å². The molecule has 0 heterocycles. The van der Waals surface area contributed by atoms with Crippen molar-refractivity contribution in [1.29, 1.82) is 0 Å². The van der Waals surface area contributed by atoms with E-state index in [0.29, 0.717) is 11.0 Å². The van der Waals surface area contributed by atoms with Crippen LogP contribution in [0.5, 0.6) is 0 Å². The molecule has 4 unspecified atom stereocenters. The van der Waals surface area contributed by atoms with Crippen LogP contribution in [0.15, 0.2) is 0 Å². The Morgan fingerprint density at radius 1 is 0.514 bits per heavy atom. The van der Waals surface area contributed by atoms with Crippen molar-refractivity contribution in [2.24, 2.45) is 23.7 Å². The summed E-state index contributed by atoms with van der Waals surface area (Å²) in [6.45, 7) is -0.0413. The fraction of sp³-hybridized carbons (Fsp3) is 0.739. The second-order valence-corrected chi connectivity index (χ2v) is 10.2. The van der Waals surface area contributed by atoms with E-state index in [4.69, 9.17) is 28.4 Å². The van der Waals surface area contributed by atoms with Crippen molar-refractivity contribution >= 4 is 35.8 Å². The summed E-state index contributed by atoms with van der Waals surface area (Å²) in [5.74, 6) is -15.9. The van der Waals surface area contributed by atoms with Crippen LogP contribution in [0.2, 0.25) is 0 Å². The molecule has 0 spiro atoms. The van der Waals surface area contributed by atoms with Gasteiger partial charge in [-0.15, -0.1) is 0 Å². The summed E-state index contributed by atoms with van der Waals surface area (Å²) < 4.78 is 29.9. The van der Waals surface area contributed by atoms with Gasteiger partial charge in [-0.2, -0.15) is 0 Å². The molecule has 0 rings (SSSR count). The molecule has 0 aliphatic rings. The molecule has 0 aromatic heterocycles. The normalized spacial score (nSPS) is 14.8. The molecule has 14 nitrogen and oxygen atoms in total. The van der Waals surface area contributed by atoms with Crippen LogP contribution in [-0.2, 0) is 57.2 Å². The average Bonchev–Trinajstić information content (AvgIpc) is 2.81. The second kappa shape index (κ2) is 14.5. The summed E-state index contributed by atoms with van der Waals surface area (Å²) in [6, 6.07) is 0. The summed E-state index contributed by atoms with van der Waals surface area (Å²) in [5.41, 5.74) is 0. The van der Waals surface area contributed by atoms with Gasteiger partial charge in [0.1, 0.15) is 13.2 Å². The van der Waals surface area contributed by atoms with E-state index < -0.39 is 59.5 Å². The van der Waals surface area contributed by atoms with Crippen LogP contribution in [0.1, 0.15) is 0 Å². The zero-order valence-corrected chi connectivity index (χ0v) is 23.2. The second-order valence-electron chi connectivity index (χ2n) is 10.2. The Kier molecular flexibility index (Phi) is 13.2. The van der Waals surface area contributed by atoms with Gasteiger partial charge in [0.2, 0.25) is 6.73 Å². The van der Waals surface area contributed by atoms with Crippen molar-refractivity contribution in [1.82, 2.24) is 0 Å². The number of likely N-dealkylation sites (N-methyl/N-ethyl adjacent to an activating group) is 1. The third-order valence-electron chi connectivity index (χ3n) is 5.07. The summed E-state index contributed by atoms with van der Waals surface area (Å²) in [6.07, 6.45) is 0. The van der Waals surface area contributed by atoms with E-state index in [1.165, 1.54) is 0 Å². The molecule has 37 heavy (non-hydrogen) atoms. The number of esters is 6.